The van der Waals surface area contributed by atoms with E-state index in [2.05, 4.69) is 12.6 Å². The predicted molar refractivity (Wildman–Crippen MR) is 75.9 cm³/mol. The zero-order valence-electron chi connectivity index (χ0n) is 11.8. The van der Waals surface area contributed by atoms with E-state index >= 15 is 0 Å². The number of benzene rings is 1. The third kappa shape index (κ3) is 4.19. The summed E-state index contributed by atoms with van der Waals surface area (Å²) < 4.78 is 5.67. The van der Waals surface area contributed by atoms with E-state index in [0.717, 1.165) is 12.2 Å². The Morgan fingerprint density at radius 2 is 2.06 bits per heavy atom. The van der Waals surface area contributed by atoms with E-state index in [0.29, 0.717) is 0 Å². The van der Waals surface area contributed by atoms with Gasteiger partial charge in [0.05, 0.1) is 11.7 Å². The van der Waals surface area contributed by atoms with Gasteiger partial charge in [-0.1, -0.05) is 25.1 Å². The fraction of sp³-hybridized carbons (Fsp3) is 0.500. The maximum atomic E-state index is 10.1. The summed E-state index contributed by atoms with van der Waals surface area (Å²) in [6.07, 6.45) is 2.58. The lowest BCUT2D eigenvalue weighted by molar-refractivity contribution is 0.0548. The van der Waals surface area contributed by atoms with Crippen molar-refractivity contribution in [2.75, 3.05) is 0 Å². The van der Waals surface area contributed by atoms with Crippen LogP contribution in [0.15, 0.2) is 36.9 Å². The second kappa shape index (κ2) is 6.05. The Bertz CT molecular complexity index is 394. The van der Waals surface area contributed by atoms with Gasteiger partial charge >= 0.3 is 0 Å². The Labute approximate surface area is 110 Å². The molecule has 18 heavy (non-hydrogen) atoms. The van der Waals surface area contributed by atoms with E-state index in [1.165, 1.54) is 5.56 Å². The molecule has 0 bridgehead atoms. The van der Waals surface area contributed by atoms with Crippen LogP contribution in [0.4, 0.5) is 0 Å². The number of hydrogen-bond acceptors (Lipinski definition) is 2. The Balaban J connectivity index is 2.76. The summed E-state index contributed by atoms with van der Waals surface area (Å²) >= 11 is 0. The maximum absolute atomic E-state index is 10.1. The van der Waals surface area contributed by atoms with E-state index in [4.69, 9.17) is 4.74 Å². The van der Waals surface area contributed by atoms with Crippen LogP contribution in [0.2, 0.25) is 0 Å². The highest BCUT2D eigenvalue weighted by Crippen LogP contribution is 2.24. The van der Waals surface area contributed by atoms with Crippen molar-refractivity contribution in [1.82, 2.24) is 0 Å². The molecule has 2 atom stereocenters. The summed E-state index contributed by atoms with van der Waals surface area (Å²) in [6, 6.07) is 8.04. The minimum absolute atomic E-state index is 0.115. The zero-order chi connectivity index (χ0) is 13.8. The van der Waals surface area contributed by atoms with Crippen molar-refractivity contribution >= 4 is 0 Å². The van der Waals surface area contributed by atoms with Crippen molar-refractivity contribution in [1.29, 1.82) is 0 Å². The topological polar surface area (TPSA) is 29.5 Å². The molecular weight excluding hydrogens is 224 g/mol. The van der Waals surface area contributed by atoms with Gasteiger partial charge in [-0.3, -0.25) is 0 Å². The summed E-state index contributed by atoms with van der Waals surface area (Å²) in [5, 5.41) is 10.1. The van der Waals surface area contributed by atoms with Gasteiger partial charge in [0.15, 0.2) is 0 Å². The first-order valence-corrected chi connectivity index (χ1v) is 6.46. The van der Waals surface area contributed by atoms with Crippen LogP contribution >= 0.6 is 0 Å². The Morgan fingerprint density at radius 1 is 1.39 bits per heavy atom. The van der Waals surface area contributed by atoms with Gasteiger partial charge in [-0.05, 0) is 50.8 Å². The summed E-state index contributed by atoms with van der Waals surface area (Å²) in [7, 11) is 0. The van der Waals surface area contributed by atoms with Crippen molar-refractivity contribution in [3.63, 3.8) is 0 Å². The molecule has 0 fully saturated rings. The molecule has 0 aliphatic heterocycles. The van der Waals surface area contributed by atoms with Gasteiger partial charge in [-0.15, -0.1) is 6.58 Å². The smallest absolute Gasteiger partial charge is 0.119 e. The highest BCUT2D eigenvalue weighted by atomic mass is 16.5. The van der Waals surface area contributed by atoms with Gasteiger partial charge in [-0.25, -0.2) is 0 Å². The van der Waals surface area contributed by atoms with Crippen LogP contribution in [0.25, 0.3) is 0 Å². The predicted octanol–water partition coefficient (Wildman–Crippen LogP) is 3.59. The van der Waals surface area contributed by atoms with Crippen molar-refractivity contribution in [2.45, 2.75) is 45.8 Å². The average Bonchev–Trinajstić information content (AvgIpc) is 2.28. The molecule has 0 radical (unpaired) electrons. The van der Waals surface area contributed by atoms with Crippen molar-refractivity contribution in [3.8, 4) is 5.75 Å². The first kappa shape index (κ1) is 14.8. The highest BCUT2D eigenvalue weighted by molar-refractivity contribution is 5.29. The van der Waals surface area contributed by atoms with Gasteiger partial charge in [0.1, 0.15) is 5.75 Å². The Morgan fingerprint density at radius 3 is 2.61 bits per heavy atom. The summed E-state index contributed by atoms with van der Waals surface area (Å²) in [5.74, 6) is 0.997. The van der Waals surface area contributed by atoms with Crippen molar-refractivity contribution in [3.05, 3.63) is 42.5 Å². The van der Waals surface area contributed by atoms with Gasteiger partial charge in [0.2, 0.25) is 0 Å². The lowest BCUT2D eigenvalue weighted by Crippen LogP contribution is -2.31. The molecule has 0 saturated heterocycles. The molecule has 0 heterocycles. The lowest BCUT2D eigenvalue weighted by atomic mass is 9.86. The monoisotopic (exact) mass is 248 g/mol. The van der Waals surface area contributed by atoms with Gasteiger partial charge in [0.25, 0.3) is 0 Å². The summed E-state index contributed by atoms with van der Waals surface area (Å²) in [4.78, 5) is 0. The minimum Gasteiger partial charge on any atom is -0.491 e. The summed E-state index contributed by atoms with van der Waals surface area (Å²) in [5.41, 5.74) is 0.331. The standard InChI is InChI=1S/C16H24O2/c1-6-16(5,17)13(4)10-14-8-7-9-15(11-14)18-12(2)3/h6-9,11-13,17H,1,10H2,2-5H3. The molecule has 1 N–H and O–H groups in total. The fourth-order valence-corrected chi connectivity index (χ4v) is 1.78. The molecule has 0 aromatic heterocycles. The maximum Gasteiger partial charge on any atom is 0.119 e. The molecule has 0 amide bonds. The van der Waals surface area contributed by atoms with Gasteiger partial charge in [0, 0.05) is 0 Å². The zero-order valence-corrected chi connectivity index (χ0v) is 11.8. The fourth-order valence-electron chi connectivity index (χ4n) is 1.78. The molecule has 1 rings (SSSR count). The van der Waals surface area contributed by atoms with E-state index in [9.17, 15) is 5.11 Å². The van der Waals surface area contributed by atoms with Crippen LogP contribution in [0.5, 0.6) is 5.75 Å². The van der Waals surface area contributed by atoms with Gasteiger partial charge < -0.3 is 9.84 Å². The van der Waals surface area contributed by atoms with E-state index < -0.39 is 5.60 Å². The van der Waals surface area contributed by atoms with Crippen molar-refractivity contribution in [2.24, 2.45) is 5.92 Å². The highest BCUT2D eigenvalue weighted by Gasteiger charge is 2.24. The lowest BCUT2D eigenvalue weighted by Gasteiger charge is -2.27. The third-order valence-electron chi connectivity index (χ3n) is 3.22. The van der Waals surface area contributed by atoms with E-state index in [1.54, 1.807) is 13.0 Å². The molecule has 2 nitrogen and oxygen atoms in total. The molecule has 0 aliphatic carbocycles. The van der Waals surface area contributed by atoms with Crippen molar-refractivity contribution < 1.29 is 9.84 Å². The van der Waals surface area contributed by atoms with E-state index in [-0.39, 0.29) is 12.0 Å². The third-order valence-corrected chi connectivity index (χ3v) is 3.22. The Kier molecular flexibility index (Phi) is 4.97. The molecule has 2 heteroatoms. The van der Waals surface area contributed by atoms with Gasteiger partial charge in [-0.2, -0.15) is 0 Å². The van der Waals surface area contributed by atoms with Crippen LogP contribution in [0, 0.1) is 5.92 Å². The number of ether oxygens (including phenoxy) is 1. The molecule has 100 valence electrons. The largest absolute Gasteiger partial charge is 0.491 e. The van der Waals surface area contributed by atoms with Crippen LogP contribution < -0.4 is 4.74 Å². The average molecular weight is 248 g/mol. The first-order valence-electron chi connectivity index (χ1n) is 6.46. The quantitative estimate of drug-likeness (QED) is 0.780. The SMILES string of the molecule is C=CC(C)(O)C(C)Cc1cccc(OC(C)C)c1. The molecule has 1 aromatic carbocycles. The summed E-state index contributed by atoms with van der Waals surface area (Å²) in [6.45, 7) is 11.5. The van der Waals surface area contributed by atoms with Crippen LogP contribution in [0.3, 0.4) is 0 Å². The first-order chi connectivity index (χ1) is 8.35. The molecule has 2 unspecified atom stereocenters. The van der Waals surface area contributed by atoms with E-state index in [1.807, 2.05) is 39.0 Å². The second-order valence-electron chi connectivity index (χ2n) is 5.35. The number of rotatable bonds is 6. The molecule has 1 aromatic rings. The molecule has 0 saturated carbocycles. The van der Waals surface area contributed by atoms with Crippen LogP contribution in [-0.4, -0.2) is 16.8 Å². The second-order valence-corrected chi connectivity index (χ2v) is 5.35. The molecule has 0 spiro atoms. The number of aliphatic hydroxyl groups is 1. The minimum atomic E-state index is -0.838. The molecular formula is C16H24O2. The van der Waals surface area contributed by atoms with Crippen LogP contribution in [0.1, 0.15) is 33.3 Å². The Hall–Kier alpha value is -1.28. The molecule has 0 aliphatic rings. The number of hydrogen-bond donors (Lipinski definition) is 1. The van der Waals surface area contributed by atoms with Crippen LogP contribution in [-0.2, 0) is 6.42 Å². The normalized spacial score (nSPS) is 16.1.